The van der Waals surface area contributed by atoms with Gasteiger partial charge in [0.2, 0.25) is 15.9 Å². The third-order valence-electron chi connectivity index (χ3n) is 2.62. The number of halogens is 1. The third kappa shape index (κ3) is 3.68. The summed E-state index contributed by atoms with van der Waals surface area (Å²) >= 11 is 2.12. The van der Waals surface area contributed by atoms with Gasteiger partial charge < -0.3 is 4.74 Å². The predicted molar refractivity (Wildman–Crippen MR) is 84.0 cm³/mol. The first-order chi connectivity index (χ1) is 9.53. The number of rotatable bonds is 5. The Morgan fingerprint density at radius 2 is 1.95 bits per heavy atom. The molecule has 0 fully saturated rings. The van der Waals surface area contributed by atoms with Crippen molar-refractivity contribution in [2.75, 3.05) is 7.11 Å². The molecule has 1 aromatic heterocycles. The molecule has 0 spiro atoms. The second-order valence-corrected chi connectivity index (χ2v) is 6.96. The van der Waals surface area contributed by atoms with Gasteiger partial charge >= 0.3 is 0 Å². The summed E-state index contributed by atoms with van der Waals surface area (Å²) in [6.45, 7) is 0.130. The van der Waals surface area contributed by atoms with Gasteiger partial charge in [0, 0.05) is 21.9 Å². The standard InChI is InChI=1S/C13H13IN2O3S/c1-19-13-10(3-2-8-15-13)9-16-20(17,18)12-6-4-11(14)5-7-12/h2-8,16H,9H2,1H3. The number of sulfonamides is 1. The smallest absolute Gasteiger partial charge is 0.240 e. The van der Waals surface area contributed by atoms with Gasteiger partial charge in [-0.15, -0.1) is 0 Å². The lowest BCUT2D eigenvalue weighted by Gasteiger charge is -2.09. The molecule has 106 valence electrons. The van der Waals surface area contributed by atoms with Crippen molar-refractivity contribution in [2.24, 2.45) is 0 Å². The number of ether oxygens (including phenoxy) is 1. The van der Waals surface area contributed by atoms with Crippen molar-refractivity contribution in [1.29, 1.82) is 0 Å². The van der Waals surface area contributed by atoms with Gasteiger partial charge in [-0.1, -0.05) is 6.07 Å². The molecule has 0 aliphatic heterocycles. The fourth-order valence-electron chi connectivity index (χ4n) is 1.61. The zero-order valence-electron chi connectivity index (χ0n) is 10.7. The highest BCUT2D eigenvalue weighted by Crippen LogP contribution is 2.16. The van der Waals surface area contributed by atoms with Gasteiger partial charge in [0.15, 0.2) is 0 Å². The molecule has 1 N–H and O–H groups in total. The maximum atomic E-state index is 12.1. The molecule has 0 saturated carbocycles. The Morgan fingerprint density at radius 1 is 1.25 bits per heavy atom. The molecule has 2 rings (SSSR count). The molecule has 0 atom stereocenters. The summed E-state index contributed by atoms with van der Waals surface area (Å²) in [5.41, 5.74) is 0.684. The number of pyridine rings is 1. The topological polar surface area (TPSA) is 68.3 Å². The van der Waals surface area contributed by atoms with Crippen molar-refractivity contribution >= 4 is 32.6 Å². The monoisotopic (exact) mass is 404 g/mol. The summed E-state index contributed by atoms with van der Waals surface area (Å²) in [6, 6.07) is 10.1. The summed E-state index contributed by atoms with van der Waals surface area (Å²) < 4.78 is 32.9. The highest BCUT2D eigenvalue weighted by molar-refractivity contribution is 14.1. The minimum absolute atomic E-state index is 0.130. The zero-order valence-corrected chi connectivity index (χ0v) is 13.7. The first-order valence-electron chi connectivity index (χ1n) is 5.76. The minimum atomic E-state index is -3.54. The van der Waals surface area contributed by atoms with E-state index in [1.807, 2.05) is 0 Å². The van der Waals surface area contributed by atoms with Crippen molar-refractivity contribution in [1.82, 2.24) is 9.71 Å². The molecule has 0 unspecified atom stereocenters. The van der Waals surface area contributed by atoms with E-state index in [9.17, 15) is 8.42 Å². The average Bonchev–Trinajstić information content (AvgIpc) is 2.46. The minimum Gasteiger partial charge on any atom is -0.481 e. The molecular formula is C13H13IN2O3S. The number of benzene rings is 1. The van der Waals surface area contributed by atoms with Crippen LogP contribution in [0.25, 0.3) is 0 Å². The van der Waals surface area contributed by atoms with Crippen molar-refractivity contribution < 1.29 is 13.2 Å². The van der Waals surface area contributed by atoms with Crippen LogP contribution >= 0.6 is 22.6 Å². The summed E-state index contributed by atoms with van der Waals surface area (Å²) in [4.78, 5) is 4.26. The molecule has 20 heavy (non-hydrogen) atoms. The van der Waals surface area contributed by atoms with Crippen LogP contribution in [0.2, 0.25) is 0 Å². The van der Waals surface area contributed by atoms with Crippen LogP contribution in [0.15, 0.2) is 47.5 Å². The number of aromatic nitrogens is 1. The largest absolute Gasteiger partial charge is 0.481 e. The van der Waals surface area contributed by atoms with E-state index in [0.717, 1.165) is 3.57 Å². The van der Waals surface area contributed by atoms with E-state index in [1.54, 1.807) is 42.6 Å². The Hall–Kier alpha value is -1.19. The van der Waals surface area contributed by atoms with Crippen LogP contribution in [-0.4, -0.2) is 20.5 Å². The van der Waals surface area contributed by atoms with Crippen LogP contribution in [0.1, 0.15) is 5.56 Å². The molecule has 1 heterocycles. The van der Waals surface area contributed by atoms with Crippen LogP contribution in [0.4, 0.5) is 0 Å². The van der Waals surface area contributed by atoms with Crippen LogP contribution in [-0.2, 0) is 16.6 Å². The Kier molecular flexibility index (Phi) is 4.95. The summed E-state index contributed by atoms with van der Waals surface area (Å²) in [7, 11) is -2.04. The lowest BCUT2D eigenvalue weighted by atomic mass is 10.3. The quantitative estimate of drug-likeness (QED) is 0.776. The maximum Gasteiger partial charge on any atom is 0.240 e. The molecule has 2 aromatic rings. The van der Waals surface area contributed by atoms with Gasteiger partial charge in [0.25, 0.3) is 0 Å². The van der Waals surface area contributed by atoms with E-state index in [0.29, 0.717) is 11.4 Å². The molecule has 0 amide bonds. The number of nitrogens with one attached hydrogen (secondary N) is 1. The predicted octanol–water partition coefficient (Wildman–Crippen LogP) is 2.17. The van der Waals surface area contributed by atoms with E-state index in [2.05, 4.69) is 32.3 Å². The highest BCUT2D eigenvalue weighted by atomic mass is 127. The normalized spacial score (nSPS) is 11.3. The zero-order chi connectivity index (χ0) is 14.6. The maximum absolute atomic E-state index is 12.1. The van der Waals surface area contributed by atoms with Crippen molar-refractivity contribution in [3.05, 3.63) is 51.7 Å². The summed E-state index contributed by atoms with van der Waals surface area (Å²) in [5, 5.41) is 0. The Labute approximate surface area is 131 Å². The highest BCUT2D eigenvalue weighted by Gasteiger charge is 2.14. The van der Waals surface area contributed by atoms with Gasteiger partial charge in [0.05, 0.1) is 12.0 Å². The Bertz CT molecular complexity index is 687. The fraction of sp³-hybridized carbons (Fsp3) is 0.154. The second-order valence-electron chi connectivity index (χ2n) is 3.95. The fourth-order valence-corrected chi connectivity index (χ4v) is 2.98. The molecule has 5 nitrogen and oxygen atoms in total. The van der Waals surface area contributed by atoms with Crippen molar-refractivity contribution in [2.45, 2.75) is 11.4 Å². The van der Waals surface area contributed by atoms with E-state index >= 15 is 0 Å². The first-order valence-corrected chi connectivity index (χ1v) is 8.32. The van der Waals surface area contributed by atoms with E-state index < -0.39 is 10.0 Å². The van der Waals surface area contributed by atoms with Gasteiger partial charge in [-0.3, -0.25) is 0 Å². The molecule has 0 aliphatic carbocycles. The number of hydrogen-bond acceptors (Lipinski definition) is 4. The lowest BCUT2D eigenvalue weighted by Crippen LogP contribution is -2.23. The van der Waals surface area contributed by atoms with Crippen molar-refractivity contribution in [3.8, 4) is 5.88 Å². The van der Waals surface area contributed by atoms with Gasteiger partial charge in [0.1, 0.15) is 0 Å². The lowest BCUT2D eigenvalue weighted by molar-refractivity contribution is 0.392. The van der Waals surface area contributed by atoms with Crippen LogP contribution in [0.3, 0.4) is 0 Å². The van der Waals surface area contributed by atoms with Gasteiger partial charge in [-0.05, 0) is 52.9 Å². The van der Waals surface area contributed by atoms with Crippen LogP contribution < -0.4 is 9.46 Å². The van der Waals surface area contributed by atoms with E-state index in [1.165, 1.54) is 7.11 Å². The van der Waals surface area contributed by atoms with E-state index in [-0.39, 0.29) is 11.4 Å². The Morgan fingerprint density at radius 3 is 2.60 bits per heavy atom. The Balaban J connectivity index is 2.15. The summed E-state index contributed by atoms with van der Waals surface area (Å²) in [5.74, 6) is 0.415. The van der Waals surface area contributed by atoms with Crippen molar-refractivity contribution in [3.63, 3.8) is 0 Å². The molecular weight excluding hydrogens is 391 g/mol. The summed E-state index contributed by atoms with van der Waals surface area (Å²) in [6.07, 6.45) is 1.59. The molecule has 1 aromatic carbocycles. The second kappa shape index (κ2) is 6.51. The molecule has 0 radical (unpaired) electrons. The number of hydrogen-bond donors (Lipinski definition) is 1. The SMILES string of the molecule is COc1ncccc1CNS(=O)(=O)c1ccc(I)cc1. The molecule has 0 saturated heterocycles. The average molecular weight is 404 g/mol. The first kappa shape index (κ1) is 15.2. The van der Waals surface area contributed by atoms with Crippen LogP contribution in [0, 0.1) is 3.57 Å². The number of nitrogens with zero attached hydrogens (tertiary/aromatic N) is 1. The molecule has 0 aliphatic rings. The van der Waals surface area contributed by atoms with Crippen LogP contribution in [0.5, 0.6) is 5.88 Å². The molecule has 0 bridgehead atoms. The van der Waals surface area contributed by atoms with E-state index in [4.69, 9.17) is 4.74 Å². The van der Waals surface area contributed by atoms with Gasteiger partial charge in [-0.25, -0.2) is 18.1 Å². The third-order valence-corrected chi connectivity index (χ3v) is 4.76. The molecule has 7 heteroatoms. The number of methoxy groups -OCH3 is 1. The van der Waals surface area contributed by atoms with Gasteiger partial charge in [-0.2, -0.15) is 0 Å².